The van der Waals surface area contributed by atoms with Crippen LogP contribution in [0.4, 0.5) is 10.1 Å². The lowest BCUT2D eigenvalue weighted by Gasteiger charge is -2.18. The van der Waals surface area contributed by atoms with Gasteiger partial charge in [0, 0.05) is 18.7 Å². The van der Waals surface area contributed by atoms with E-state index in [2.05, 4.69) is 20.8 Å². The summed E-state index contributed by atoms with van der Waals surface area (Å²) >= 11 is 0. The van der Waals surface area contributed by atoms with Gasteiger partial charge in [0.1, 0.15) is 5.82 Å². The van der Waals surface area contributed by atoms with E-state index in [-0.39, 0.29) is 16.1 Å². The zero-order valence-corrected chi connectivity index (χ0v) is 17.5. The third-order valence-electron chi connectivity index (χ3n) is 4.51. The number of nitrogens with zero attached hydrogens (tertiary/aromatic N) is 5. The molecule has 9 nitrogen and oxygen atoms in total. The number of rotatable bonds is 7. The number of aromatic nitrogens is 4. The van der Waals surface area contributed by atoms with Gasteiger partial charge in [0.05, 0.1) is 16.3 Å². The summed E-state index contributed by atoms with van der Waals surface area (Å²) in [6, 6.07) is 9.70. The minimum Gasteiger partial charge on any atom is -0.319 e. The Hall–Kier alpha value is -3.18. The predicted molar refractivity (Wildman–Crippen MR) is 108 cm³/mol. The molecule has 0 unspecified atom stereocenters. The average Bonchev–Trinajstić information content (AvgIpc) is 3.16. The highest BCUT2D eigenvalue weighted by molar-refractivity contribution is 7.89. The molecule has 1 N–H and O–H groups in total. The van der Waals surface area contributed by atoms with E-state index in [4.69, 9.17) is 0 Å². The van der Waals surface area contributed by atoms with Crippen LogP contribution in [0, 0.1) is 12.7 Å². The number of amides is 1. The highest BCUT2D eigenvalue weighted by atomic mass is 32.2. The van der Waals surface area contributed by atoms with Gasteiger partial charge in [0.25, 0.3) is 5.91 Å². The normalized spacial score (nSPS) is 11.6. The Morgan fingerprint density at radius 3 is 2.53 bits per heavy atom. The van der Waals surface area contributed by atoms with Crippen LogP contribution in [-0.4, -0.2) is 51.9 Å². The first-order valence-electron chi connectivity index (χ1n) is 9.24. The first-order chi connectivity index (χ1) is 14.3. The SMILES string of the molecule is CCN(CC)S(=O)(=O)c1cccc(C(=O)Nc2cc(-n3nnnc3C)ccc2F)c1. The van der Waals surface area contributed by atoms with E-state index in [1.807, 2.05) is 0 Å². The minimum atomic E-state index is -3.73. The molecule has 0 spiro atoms. The fourth-order valence-corrected chi connectivity index (χ4v) is 4.42. The largest absolute Gasteiger partial charge is 0.319 e. The van der Waals surface area contributed by atoms with Crippen molar-refractivity contribution >= 4 is 21.6 Å². The summed E-state index contributed by atoms with van der Waals surface area (Å²) in [5.41, 5.74) is 0.475. The molecule has 1 heterocycles. The molecule has 1 aromatic heterocycles. The van der Waals surface area contributed by atoms with Crippen LogP contribution in [0.5, 0.6) is 0 Å². The molecule has 0 saturated carbocycles. The van der Waals surface area contributed by atoms with Crippen LogP contribution in [0.15, 0.2) is 47.4 Å². The van der Waals surface area contributed by atoms with E-state index < -0.39 is 21.7 Å². The van der Waals surface area contributed by atoms with Crippen LogP contribution >= 0.6 is 0 Å². The highest BCUT2D eigenvalue weighted by Gasteiger charge is 2.23. The minimum absolute atomic E-state index is 0.00242. The standard InChI is InChI=1S/C19H21FN6O3S/c1-4-25(5-2)30(28,29)16-8-6-7-14(11-16)19(27)21-18-12-15(9-10-17(18)20)26-13(3)22-23-24-26/h6-12H,4-5H2,1-3H3,(H,21,27). The first-order valence-corrected chi connectivity index (χ1v) is 10.7. The summed E-state index contributed by atoms with van der Waals surface area (Å²) in [5, 5.41) is 13.6. The lowest BCUT2D eigenvalue weighted by molar-refractivity contribution is 0.102. The molecule has 0 radical (unpaired) electrons. The van der Waals surface area contributed by atoms with Gasteiger partial charge in [-0.2, -0.15) is 8.99 Å². The molecule has 30 heavy (non-hydrogen) atoms. The predicted octanol–water partition coefficient (Wildman–Crippen LogP) is 2.39. The lowest BCUT2D eigenvalue weighted by Crippen LogP contribution is -2.30. The molecule has 0 fully saturated rings. The molecular formula is C19H21FN6O3S. The molecule has 3 aromatic rings. The van der Waals surface area contributed by atoms with Gasteiger partial charge < -0.3 is 5.32 Å². The van der Waals surface area contributed by atoms with Crippen molar-refractivity contribution in [1.82, 2.24) is 24.5 Å². The van der Waals surface area contributed by atoms with E-state index in [1.54, 1.807) is 20.8 Å². The molecule has 0 bridgehead atoms. The number of carbonyl (C=O) groups excluding carboxylic acids is 1. The molecule has 0 aliphatic rings. The van der Waals surface area contributed by atoms with Crippen molar-refractivity contribution < 1.29 is 17.6 Å². The molecular weight excluding hydrogens is 411 g/mol. The number of anilines is 1. The van der Waals surface area contributed by atoms with Gasteiger partial charge in [-0.05, 0) is 53.7 Å². The second kappa shape index (κ2) is 8.67. The Morgan fingerprint density at radius 1 is 1.17 bits per heavy atom. The maximum absolute atomic E-state index is 14.3. The van der Waals surface area contributed by atoms with Crippen molar-refractivity contribution in [3.05, 3.63) is 59.7 Å². The second-order valence-corrected chi connectivity index (χ2v) is 8.31. The highest BCUT2D eigenvalue weighted by Crippen LogP contribution is 2.21. The van der Waals surface area contributed by atoms with Crippen LogP contribution in [0.1, 0.15) is 30.0 Å². The molecule has 0 aliphatic heterocycles. The fourth-order valence-electron chi connectivity index (χ4n) is 2.92. The van der Waals surface area contributed by atoms with Gasteiger partial charge in [0.2, 0.25) is 10.0 Å². The van der Waals surface area contributed by atoms with Crippen LogP contribution in [0.3, 0.4) is 0 Å². The maximum atomic E-state index is 14.3. The Bertz CT molecular complexity index is 1170. The third-order valence-corrected chi connectivity index (χ3v) is 6.55. The Kier molecular flexibility index (Phi) is 6.22. The van der Waals surface area contributed by atoms with E-state index >= 15 is 0 Å². The summed E-state index contributed by atoms with van der Waals surface area (Å²) in [4.78, 5) is 12.7. The van der Waals surface area contributed by atoms with Crippen LogP contribution in [0.25, 0.3) is 5.69 Å². The van der Waals surface area contributed by atoms with E-state index in [0.29, 0.717) is 24.6 Å². The number of aryl methyl sites for hydroxylation is 1. The third kappa shape index (κ3) is 4.21. The van der Waals surface area contributed by atoms with Crippen molar-refractivity contribution in [2.45, 2.75) is 25.7 Å². The zero-order valence-electron chi connectivity index (χ0n) is 16.7. The number of carbonyl (C=O) groups is 1. The monoisotopic (exact) mass is 432 g/mol. The Labute approximate surface area is 173 Å². The van der Waals surface area contributed by atoms with Gasteiger partial charge in [-0.15, -0.1) is 5.10 Å². The molecule has 3 rings (SSSR count). The van der Waals surface area contributed by atoms with E-state index in [1.165, 1.54) is 51.5 Å². The molecule has 158 valence electrons. The van der Waals surface area contributed by atoms with Crippen molar-refractivity contribution in [2.24, 2.45) is 0 Å². The van der Waals surface area contributed by atoms with Crippen molar-refractivity contribution in [3.8, 4) is 5.69 Å². The van der Waals surface area contributed by atoms with Crippen LogP contribution in [0.2, 0.25) is 0 Å². The summed E-state index contributed by atoms with van der Waals surface area (Å²) in [5.74, 6) is -0.797. The smallest absolute Gasteiger partial charge is 0.255 e. The number of sulfonamides is 1. The van der Waals surface area contributed by atoms with Crippen LogP contribution < -0.4 is 5.32 Å². The lowest BCUT2D eigenvalue weighted by atomic mass is 10.2. The molecule has 0 saturated heterocycles. The first kappa shape index (κ1) is 21.5. The number of hydrogen-bond donors (Lipinski definition) is 1. The summed E-state index contributed by atoms with van der Waals surface area (Å²) in [6.45, 7) is 5.77. The number of nitrogens with one attached hydrogen (secondary N) is 1. The second-order valence-electron chi connectivity index (χ2n) is 6.37. The number of halogens is 1. The molecule has 2 aromatic carbocycles. The summed E-state index contributed by atoms with van der Waals surface area (Å²) in [7, 11) is -3.73. The van der Waals surface area contributed by atoms with Crippen molar-refractivity contribution in [3.63, 3.8) is 0 Å². The molecule has 11 heteroatoms. The number of hydrogen-bond acceptors (Lipinski definition) is 6. The van der Waals surface area contributed by atoms with Crippen molar-refractivity contribution in [1.29, 1.82) is 0 Å². The molecule has 0 aliphatic carbocycles. The molecule has 0 atom stereocenters. The number of benzene rings is 2. The fraction of sp³-hybridized carbons (Fsp3) is 0.263. The van der Waals surface area contributed by atoms with Crippen LogP contribution in [-0.2, 0) is 10.0 Å². The van der Waals surface area contributed by atoms with Gasteiger partial charge in [-0.3, -0.25) is 4.79 Å². The summed E-state index contributed by atoms with van der Waals surface area (Å²) < 4.78 is 42.4. The topological polar surface area (TPSA) is 110 Å². The quantitative estimate of drug-likeness (QED) is 0.614. The Balaban J connectivity index is 1.90. The zero-order chi connectivity index (χ0) is 21.9. The molecule has 1 amide bonds. The maximum Gasteiger partial charge on any atom is 0.255 e. The van der Waals surface area contributed by atoms with Gasteiger partial charge in [0.15, 0.2) is 5.82 Å². The van der Waals surface area contributed by atoms with E-state index in [0.717, 1.165) is 0 Å². The Morgan fingerprint density at radius 2 is 1.90 bits per heavy atom. The van der Waals surface area contributed by atoms with Crippen molar-refractivity contribution in [2.75, 3.05) is 18.4 Å². The number of tetrazole rings is 1. The average molecular weight is 432 g/mol. The summed E-state index contributed by atoms with van der Waals surface area (Å²) in [6.07, 6.45) is 0. The van der Waals surface area contributed by atoms with Gasteiger partial charge >= 0.3 is 0 Å². The van der Waals surface area contributed by atoms with E-state index in [9.17, 15) is 17.6 Å². The van der Waals surface area contributed by atoms with Gasteiger partial charge in [-0.1, -0.05) is 19.9 Å². The van der Waals surface area contributed by atoms with Gasteiger partial charge in [-0.25, -0.2) is 12.8 Å².